The number of amides is 1. The average molecular weight is 294 g/mol. The molecule has 22 heavy (non-hydrogen) atoms. The van der Waals surface area contributed by atoms with E-state index >= 15 is 0 Å². The molecule has 5 nitrogen and oxygen atoms in total. The van der Waals surface area contributed by atoms with Gasteiger partial charge < -0.3 is 10.6 Å². The maximum absolute atomic E-state index is 12.7. The fourth-order valence-electron chi connectivity index (χ4n) is 2.92. The molecule has 1 aromatic heterocycles. The maximum atomic E-state index is 12.7. The molecular formula is C17H18N4O. The Morgan fingerprint density at radius 2 is 1.95 bits per heavy atom. The summed E-state index contributed by atoms with van der Waals surface area (Å²) in [7, 11) is 0. The molecule has 1 aromatic carbocycles. The van der Waals surface area contributed by atoms with E-state index in [1.54, 1.807) is 6.20 Å². The van der Waals surface area contributed by atoms with Gasteiger partial charge in [0, 0.05) is 18.7 Å². The van der Waals surface area contributed by atoms with E-state index in [-0.39, 0.29) is 11.9 Å². The standard InChI is InChI=1S/C17H18N4O/c18-15-13(10-19-16(20-15)12-6-7-12)17(22)21-9-8-14(21)11-4-2-1-3-5-11/h1-5,10,12,14H,6-9H2,(H2,18,19,20). The molecule has 2 heterocycles. The van der Waals surface area contributed by atoms with Gasteiger partial charge in [-0.15, -0.1) is 0 Å². The zero-order valence-electron chi connectivity index (χ0n) is 12.3. The van der Waals surface area contributed by atoms with E-state index in [1.165, 1.54) is 0 Å². The molecule has 1 saturated heterocycles. The molecule has 5 heteroatoms. The molecule has 4 rings (SSSR count). The third-order valence-electron chi connectivity index (χ3n) is 4.47. The summed E-state index contributed by atoms with van der Waals surface area (Å²) in [6.07, 6.45) is 4.82. The number of likely N-dealkylation sites (tertiary alicyclic amines) is 1. The maximum Gasteiger partial charge on any atom is 0.259 e. The molecule has 1 saturated carbocycles. The van der Waals surface area contributed by atoms with Crippen LogP contribution in [0.25, 0.3) is 0 Å². The molecule has 0 bridgehead atoms. The minimum Gasteiger partial charge on any atom is -0.383 e. The number of hydrogen-bond donors (Lipinski definition) is 1. The van der Waals surface area contributed by atoms with E-state index in [1.807, 2.05) is 23.1 Å². The zero-order valence-corrected chi connectivity index (χ0v) is 12.3. The van der Waals surface area contributed by atoms with Crippen molar-refractivity contribution in [3.63, 3.8) is 0 Å². The van der Waals surface area contributed by atoms with E-state index in [0.29, 0.717) is 17.3 Å². The van der Waals surface area contributed by atoms with Crippen molar-refractivity contribution in [2.24, 2.45) is 0 Å². The van der Waals surface area contributed by atoms with Crippen LogP contribution in [-0.2, 0) is 0 Å². The largest absolute Gasteiger partial charge is 0.383 e. The van der Waals surface area contributed by atoms with Crippen LogP contribution >= 0.6 is 0 Å². The van der Waals surface area contributed by atoms with Gasteiger partial charge in [-0.3, -0.25) is 4.79 Å². The van der Waals surface area contributed by atoms with E-state index in [0.717, 1.165) is 37.2 Å². The van der Waals surface area contributed by atoms with Crippen molar-refractivity contribution in [3.8, 4) is 0 Å². The number of aromatic nitrogens is 2. The third kappa shape index (κ3) is 2.22. The van der Waals surface area contributed by atoms with Gasteiger partial charge >= 0.3 is 0 Å². The summed E-state index contributed by atoms with van der Waals surface area (Å²) in [4.78, 5) is 23.2. The lowest BCUT2D eigenvalue weighted by molar-refractivity contribution is 0.0460. The number of nitrogen functional groups attached to an aromatic ring is 1. The highest BCUT2D eigenvalue weighted by molar-refractivity contribution is 5.98. The molecule has 112 valence electrons. The van der Waals surface area contributed by atoms with Crippen molar-refractivity contribution in [2.45, 2.75) is 31.2 Å². The highest BCUT2D eigenvalue weighted by Crippen LogP contribution is 2.39. The normalized spacial score (nSPS) is 20.5. The lowest BCUT2D eigenvalue weighted by atomic mass is 9.94. The SMILES string of the molecule is Nc1nc(C2CC2)ncc1C(=O)N1CCC1c1ccccc1. The Labute approximate surface area is 129 Å². The summed E-state index contributed by atoms with van der Waals surface area (Å²) in [5.41, 5.74) is 7.57. The molecule has 2 aliphatic rings. The van der Waals surface area contributed by atoms with Gasteiger partial charge in [-0.2, -0.15) is 0 Å². The predicted molar refractivity (Wildman–Crippen MR) is 83.3 cm³/mol. The van der Waals surface area contributed by atoms with Crippen LogP contribution in [0.15, 0.2) is 36.5 Å². The topological polar surface area (TPSA) is 72.1 Å². The first-order valence-corrected chi connectivity index (χ1v) is 7.72. The molecule has 2 fully saturated rings. The van der Waals surface area contributed by atoms with Crippen molar-refractivity contribution in [1.82, 2.24) is 14.9 Å². The Hall–Kier alpha value is -2.43. The van der Waals surface area contributed by atoms with Gasteiger partial charge in [0.05, 0.1) is 6.04 Å². The van der Waals surface area contributed by atoms with Gasteiger partial charge in [0.1, 0.15) is 17.2 Å². The van der Waals surface area contributed by atoms with Crippen molar-refractivity contribution in [2.75, 3.05) is 12.3 Å². The summed E-state index contributed by atoms with van der Waals surface area (Å²) in [5.74, 6) is 1.45. The van der Waals surface area contributed by atoms with Crippen LogP contribution in [0.1, 0.15) is 53.0 Å². The van der Waals surface area contributed by atoms with Crippen LogP contribution in [0.3, 0.4) is 0 Å². The van der Waals surface area contributed by atoms with Crippen molar-refractivity contribution in [1.29, 1.82) is 0 Å². The number of hydrogen-bond acceptors (Lipinski definition) is 4. The van der Waals surface area contributed by atoms with Gasteiger partial charge in [0.15, 0.2) is 0 Å². The first-order valence-electron chi connectivity index (χ1n) is 7.72. The van der Waals surface area contributed by atoms with Gasteiger partial charge in [-0.25, -0.2) is 9.97 Å². The van der Waals surface area contributed by atoms with Crippen molar-refractivity contribution >= 4 is 11.7 Å². The van der Waals surface area contributed by atoms with E-state index in [9.17, 15) is 4.79 Å². The number of nitrogens with zero attached hydrogens (tertiary/aromatic N) is 3. The zero-order chi connectivity index (χ0) is 15.1. The van der Waals surface area contributed by atoms with E-state index < -0.39 is 0 Å². The molecule has 0 radical (unpaired) electrons. The first-order chi connectivity index (χ1) is 10.7. The molecule has 1 aliphatic heterocycles. The smallest absolute Gasteiger partial charge is 0.259 e. The number of carbonyl (C=O) groups excluding carboxylic acids is 1. The molecule has 2 aromatic rings. The molecule has 1 unspecified atom stereocenters. The first kappa shape index (κ1) is 13.2. The Kier molecular flexibility index (Phi) is 3.06. The monoisotopic (exact) mass is 294 g/mol. The highest BCUT2D eigenvalue weighted by Gasteiger charge is 2.35. The van der Waals surface area contributed by atoms with Crippen LogP contribution in [0.5, 0.6) is 0 Å². The number of benzene rings is 1. The molecule has 2 N–H and O–H groups in total. The quantitative estimate of drug-likeness (QED) is 0.944. The van der Waals surface area contributed by atoms with Crippen molar-refractivity contribution in [3.05, 3.63) is 53.5 Å². The molecule has 1 atom stereocenters. The Morgan fingerprint density at radius 3 is 2.55 bits per heavy atom. The summed E-state index contributed by atoms with van der Waals surface area (Å²) in [6, 6.07) is 10.2. The third-order valence-corrected chi connectivity index (χ3v) is 4.47. The van der Waals surface area contributed by atoms with Gasteiger partial charge in [-0.1, -0.05) is 30.3 Å². The Morgan fingerprint density at radius 1 is 1.18 bits per heavy atom. The van der Waals surface area contributed by atoms with Crippen LogP contribution in [-0.4, -0.2) is 27.3 Å². The van der Waals surface area contributed by atoms with Gasteiger partial charge in [-0.05, 0) is 24.8 Å². The molecular weight excluding hydrogens is 276 g/mol. The van der Waals surface area contributed by atoms with Crippen LogP contribution < -0.4 is 5.73 Å². The van der Waals surface area contributed by atoms with Crippen LogP contribution in [0.2, 0.25) is 0 Å². The Balaban J connectivity index is 1.56. The Bertz CT molecular complexity index is 712. The number of rotatable bonds is 3. The molecule has 1 aliphatic carbocycles. The number of nitrogens with two attached hydrogens (primary N) is 1. The summed E-state index contributed by atoms with van der Waals surface area (Å²) in [5, 5.41) is 0. The number of anilines is 1. The molecule has 0 spiro atoms. The second kappa shape index (κ2) is 5.09. The van der Waals surface area contributed by atoms with E-state index in [4.69, 9.17) is 5.73 Å². The summed E-state index contributed by atoms with van der Waals surface area (Å²) in [6.45, 7) is 0.752. The van der Waals surface area contributed by atoms with Gasteiger partial charge in [0.25, 0.3) is 5.91 Å². The van der Waals surface area contributed by atoms with Crippen molar-refractivity contribution < 1.29 is 4.79 Å². The fourth-order valence-corrected chi connectivity index (χ4v) is 2.92. The minimum atomic E-state index is -0.0695. The van der Waals surface area contributed by atoms with E-state index in [2.05, 4.69) is 22.1 Å². The minimum absolute atomic E-state index is 0.0695. The summed E-state index contributed by atoms with van der Waals surface area (Å²) >= 11 is 0. The second-order valence-corrected chi connectivity index (χ2v) is 6.02. The predicted octanol–water partition coefficient (Wildman–Crippen LogP) is 2.52. The van der Waals surface area contributed by atoms with Crippen LogP contribution in [0, 0.1) is 0 Å². The number of carbonyl (C=O) groups is 1. The second-order valence-electron chi connectivity index (χ2n) is 6.02. The average Bonchev–Trinajstić information content (AvgIpc) is 3.31. The van der Waals surface area contributed by atoms with Crippen LogP contribution in [0.4, 0.5) is 5.82 Å². The molecule has 1 amide bonds. The lowest BCUT2D eigenvalue weighted by Gasteiger charge is -2.41. The summed E-state index contributed by atoms with van der Waals surface area (Å²) < 4.78 is 0. The lowest BCUT2D eigenvalue weighted by Crippen LogP contribution is -2.45. The highest BCUT2D eigenvalue weighted by atomic mass is 16.2. The van der Waals surface area contributed by atoms with Gasteiger partial charge in [0.2, 0.25) is 0 Å². The fraction of sp³-hybridized carbons (Fsp3) is 0.353.